The molecule has 0 amide bonds. The van der Waals surface area contributed by atoms with E-state index in [1.807, 2.05) is 0 Å². The fourth-order valence-corrected chi connectivity index (χ4v) is 2.77. The van der Waals surface area contributed by atoms with Crippen LogP contribution in [-0.4, -0.2) is 4.57 Å². The van der Waals surface area contributed by atoms with Crippen LogP contribution in [0.1, 0.15) is 0 Å². The van der Waals surface area contributed by atoms with Gasteiger partial charge in [0.1, 0.15) is 0 Å². The van der Waals surface area contributed by atoms with Gasteiger partial charge in [0.25, 0.3) is 0 Å². The second-order valence-electron chi connectivity index (χ2n) is 4.43. The molecular formula is C15H11N. The smallest absolute Gasteiger partial charge is 0.0490 e. The molecule has 1 nitrogen and oxygen atoms in total. The van der Waals surface area contributed by atoms with Gasteiger partial charge >= 0.3 is 0 Å². The molecule has 0 atom stereocenters. The van der Waals surface area contributed by atoms with Crippen LogP contribution in [0.3, 0.4) is 0 Å². The summed E-state index contributed by atoms with van der Waals surface area (Å²) in [5.74, 6) is 0. The highest BCUT2D eigenvalue weighted by molar-refractivity contribution is 6.22. The zero-order valence-electron chi connectivity index (χ0n) is 9.07. The summed E-state index contributed by atoms with van der Waals surface area (Å²) in [6, 6.07) is 15.4. The fraction of sp³-hybridized carbons (Fsp3) is 0.0667. The molecule has 1 heteroatoms. The number of rotatable bonds is 0. The summed E-state index contributed by atoms with van der Waals surface area (Å²) in [6.07, 6.45) is 2.20. The van der Waals surface area contributed by atoms with E-state index in [1.54, 1.807) is 0 Å². The maximum Gasteiger partial charge on any atom is 0.0490 e. The Balaban J connectivity index is 2.51. The number of hydrogen-bond acceptors (Lipinski definition) is 0. The lowest BCUT2D eigenvalue weighted by Gasteiger charge is -2.05. The van der Waals surface area contributed by atoms with Crippen LogP contribution < -0.4 is 0 Å². The van der Waals surface area contributed by atoms with Gasteiger partial charge in [-0.05, 0) is 22.2 Å². The molecular weight excluding hydrogens is 194 g/mol. The molecule has 1 aromatic heterocycles. The summed E-state index contributed by atoms with van der Waals surface area (Å²) < 4.78 is 2.20. The SMILES string of the molecule is Cn1cc2ccc3cccc4ccc1c2c34. The van der Waals surface area contributed by atoms with Crippen molar-refractivity contribution < 1.29 is 0 Å². The molecule has 0 aliphatic heterocycles. The quantitative estimate of drug-likeness (QED) is 0.410. The van der Waals surface area contributed by atoms with E-state index in [9.17, 15) is 0 Å². The average molecular weight is 205 g/mol. The summed E-state index contributed by atoms with van der Waals surface area (Å²) >= 11 is 0. The van der Waals surface area contributed by atoms with E-state index in [2.05, 4.69) is 60.3 Å². The molecule has 0 aliphatic rings. The molecule has 0 bridgehead atoms. The third kappa shape index (κ3) is 0.820. The summed E-state index contributed by atoms with van der Waals surface area (Å²) in [5.41, 5.74) is 1.32. The highest BCUT2D eigenvalue weighted by Gasteiger charge is 2.09. The van der Waals surface area contributed by atoms with Crippen LogP contribution in [0.15, 0.2) is 48.7 Å². The van der Waals surface area contributed by atoms with Crippen LogP contribution in [0.2, 0.25) is 0 Å². The van der Waals surface area contributed by atoms with E-state index in [0.29, 0.717) is 0 Å². The first-order valence-corrected chi connectivity index (χ1v) is 5.53. The highest BCUT2D eigenvalue weighted by atomic mass is 14.9. The molecule has 4 aromatic rings. The largest absolute Gasteiger partial charge is 0.350 e. The molecule has 76 valence electrons. The van der Waals surface area contributed by atoms with Gasteiger partial charge < -0.3 is 4.57 Å². The minimum atomic E-state index is 1.32. The van der Waals surface area contributed by atoms with Crippen LogP contribution in [0.4, 0.5) is 0 Å². The van der Waals surface area contributed by atoms with E-state index in [-0.39, 0.29) is 0 Å². The molecule has 0 radical (unpaired) electrons. The van der Waals surface area contributed by atoms with Crippen molar-refractivity contribution in [2.45, 2.75) is 0 Å². The average Bonchev–Trinajstić information content (AvgIpc) is 2.65. The van der Waals surface area contributed by atoms with Gasteiger partial charge in [-0.25, -0.2) is 0 Å². The maximum absolute atomic E-state index is 2.21. The van der Waals surface area contributed by atoms with Crippen molar-refractivity contribution in [3.05, 3.63) is 48.7 Å². The standard InChI is InChI=1S/C15H11N/c1-16-9-12-6-5-10-3-2-4-11-7-8-13(16)15(12)14(10)11/h2-9H,1H3. The third-order valence-corrected chi connectivity index (χ3v) is 3.50. The zero-order chi connectivity index (χ0) is 10.7. The lowest BCUT2D eigenvalue weighted by atomic mass is 9.99. The Bertz CT molecular complexity index is 792. The van der Waals surface area contributed by atoms with Gasteiger partial charge in [-0.1, -0.05) is 36.4 Å². The second-order valence-corrected chi connectivity index (χ2v) is 4.43. The van der Waals surface area contributed by atoms with Gasteiger partial charge in [0.2, 0.25) is 0 Å². The Morgan fingerprint density at radius 1 is 0.750 bits per heavy atom. The molecule has 0 aliphatic carbocycles. The van der Waals surface area contributed by atoms with Crippen LogP contribution >= 0.6 is 0 Å². The number of aromatic nitrogens is 1. The number of nitrogens with zero attached hydrogens (tertiary/aromatic N) is 1. The van der Waals surface area contributed by atoms with Crippen LogP contribution in [0.25, 0.3) is 32.4 Å². The molecule has 16 heavy (non-hydrogen) atoms. The molecule has 0 spiro atoms. The second kappa shape index (κ2) is 2.56. The maximum atomic E-state index is 2.21. The van der Waals surface area contributed by atoms with Gasteiger partial charge in [0.15, 0.2) is 0 Å². The Kier molecular flexibility index (Phi) is 1.31. The normalized spacial score (nSPS) is 12.1. The van der Waals surface area contributed by atoms with Gasteiger partial charge in [-0.3, -0.25) is 0 Å². The van der Waals surface area contributed by atoms with Gasteiger partial charge in [-0.2, -0.15) is 0 Å². The van der Waals surface area contributed by atoms with Gasteiger partial charge in [0, 0.05) is 29.5 Å². The van der Waals surface area contributed by atoms with Crippen LogP contribution in [0, 0.1) is 0 Å². The third-order valence-electron chi connectivity index (χ3n) is 3.50. The predicted octanol–water partition coefficient (Wildman–Crippen LogP) is 3.92. The lowest BCUT2D eigenvalue weighted by molar-refractivity contribution is 0.973. The van der Waals surface area contributed by atoms with E-state index in [4.69, 9.17) is 0 Å². The van der Waals surface area contributed by atoms with E-state index >= 15 is 0 Å². The molecule has 3 aromatic carbocycles. The first-order valence-electron chi connectivity index (χ1n) is 5.53. The number of hydrogen-bond donors (Lipinski definition) is 0. The van der Waals surface area contributed by atoms with Crippen molar-refractivity contribution >= 4 is 32.4 Å². The zero-order valence-corrected chi connectivity index (χ0v) is 9.07. The predicted molar refractivity (Wildman–Crippen MR) is 69.1 cm³/mol. The first-order chi connectivity index (χ1) is 7.84. The van der Waals surface area contributed by atoms with Crippen molar-refractivity contribution in [3.8, 4) is 0 Å². The van der Waals surface area contributed by atoms with E-state index < -0.39 is 0 Å². The Morgan fingerprint density at radius 2 is 1.44 bits per heavy atom. The van der Waals surface area contributed by atoms with Gasteiger partial charge in [-0.15, -0.1) is 0 Å². The minimum absolute atomic E-state index is 1.32. The molecule has 0 fully saturated rings. The van der Waals surface area contributed by atoms with Crippen molar-refractivity contribution in [3.63, 3.8) is 0 Å². The topological polar surface area (TPSA) is 4.93 Å². The highest BCUT2D eigenvalue weighted by Crippen LogP contribution is 2.34. The number of aryl methyl sites for hydroxylation is 1. The minimum Gasteiger partial charge on any atom is -0.350 e. The van der Waals surface area contributed by atoms with Crippen molar-refractivity contribution in [2.75, 3.05) is 0 Å². The Hall–Kier alpha value is -2.02. The van der Waals surface area contributed by atoms with Gasteiger partial charge in [0.05, 0.1) is 0 Å². The fourth-order valence-electron chi connectivity index (χ4n) is 2.77. The summed E-state index contributed by atoms with van der Waals surface area (Å²) in [4.78, 5) is 0. The molecule has 0 saturated heterocycles. The molecule has 0 N–H and O–H groups in total. The number of benzene rings is 3. The molecule has 0 saturated carbocycles. The van der Waals surface area contributed by atoms with Crippen molar-refractivity contribution in [1.29, 1.82) is 0 Å². The van der Waals surface area contributed by atoms with Crippen molar-refractivity contribution in [2.24, 2.45) is 7.05 Å². The van der Waals surface area contributed by atoms with E-state index in [0.717, 1.165) is 0 Å². The Morgan fingerprint density at radius 3 is 2.25 bits per heavy atom. The van der Waals surface area contributed by atoms with E-state index in [1.165, 1.54) is 32.4 Å². The summed E-state index contributed by atoms with van der Waals surface area (Å²) in [5, 5.41) is 6.81. The van der Waals surface area contributed by atoms with Crippen LogP contribution in [0.5, 0.6) is 0 Å². The first kappa shape index (κ1) is 8.17. The molecule has 0 unspecified atom stereocenters. The summed E-state index contributed by atoms with van der Waals surface area (Å²) in [6.45, 7) is 0. The Labute approximate surface area is 93.2 Å². The summed E-state index contributed by atoms with van der Waals surface area (Å²) in [7, 11) is 2.11. The molecule has 1 heterocycles. The monoisotopic (exact) mass is 205 g/mol. The lowest BCUT2D eigenvalue weighted by Crippen LogP contribution is -1.83. The molecule has 4 rings (SSSR count). The van der Waals surface area contributed by atoms with Crippen LogP contribution in [-0.2, 0) is 7.05 Å². The van der Waals surface area contributed by atoms with Crippen molar-refractivity contribution in [1.82, 2.24) is 4.57 Å².